The van der Waals surface area contributed by atoms with Crippen LogP contribution in [0.25, 0.3) is 0 Å². The van der Waals surface area contributed by atoms with Gasteiger partial charge in [-0.1, -0.05) is 6.08 Å². The molecule has 0 bridgehead atoms. The van der Waals surface area contributed by atoms with E-state index in [1.807, 2.05) is 32.9 Å². The Morgan fingerprint density at radius 3 is 2.41 bits per heavy atom. The van der Waals surface area contributed by atoms with Gasteiger partial charge in [-0.3, -0.25) is 9.59 Å². The molecule has 2 aliphatic carbocycles. The predicted octanol–water partition coefficient (Wildman–Crippen LogP) is 4.14. The van der Waals surface area contributed by atoms with Crippen molar-refractivity contribution in [1.29, 1.82) is 0 Å². The minimum atomic E-state index is -0.423. The molecule has 1 heterocycles. The second kappa shape index (κ2) is 9.42. The van der Waals surface area contributed by atoms with Crippen molar-refractivity contribution >= 4 is 17.5 Å². The summed E-state index contributed by atoms with van der Waals surface area (Å²) in [4.78, 5) is 29.7. The van der Waals surface area contributed by atoms with Gasteiger partial charge in [-0.15, -0.1) is 0 Å². The summed E-state index contributed by atoms with van der Waals surface area (Å²) in [6.07, 6.45) is 8.42. The maximum atomic E-state index is 13.0. The van der Waals surface area contributed by atoms with Gasteiger partial charge in [0.05, 0.1) is 25.5 Å². The molecule has 3 aliphatic rings. The van der Waals surface area contributed by atoms with Crippen LogP contribution in [0.4, 0.5) is 0 Å². The lowest BCUT2D eigenvalue weighted by atomic mass is 9.85. The van der Waals surface area contributed by atoms with Crippen LogP contribution < -0.4 is 19.5 Å². The molecule has 1 aromatic rings. The molecule has 0 aromatic heterocycles. The van der Waals surface area contributed by atoms with Crippen molar-refractivity contribution in [2.24, 2.45) is 10.9 Å². The van der Waals surface area contributed by atoms with Crippen molar-refractivity contribution in [3.8, 4) is 17.2 Å². The van der Waals surface area contributed by atoms with Crippen LogP contribution in [0.15, 0.2) is 52.2 Å². The van der Waals surface area contributed by atoms with Gasteiger partial charge < -0.3 is 19.5 Å². The summed E-state index contributed by atoms with van der Waals surface area (Å²) in [6.45, 7) is 6.89. The summed E-state index contributed by atoms with van der Waals surface area (Å²) in [5.41, 5.74) is 3.72. The van der Waals surface area contributed by atoms with Gasteiger partial charge in [0.1, 0.15) is 0 Å². The summed E-state index contributed by atoms with van der Waals surface area (Å²) in [7, 11) is 0. The summed E-state index contributed by atoms with van der Waals surface area (Å²) < 4.78 is 17.1. The average molecular weight is 437 g/mol. The van der Waals surface area contributed by atoms with Crippen LogP contribution in [0.3, 0.4) is 0 Å². The van der Waals surface area contributed by atoms with Crippen molar-refractivity contribution in [1.82, 2.24) is 5.32 Å². The van der Waals surface area contributed by atoms with Crippen LogP contribution in [-0.4, -0.2) is 37.3 Å². The monoisotopic (exact) mass is 436 g/mol. The number of hydrogen-bond donors (Lipinski definition) is 1. The number of benzene rings is 1. The summed E-state index contributed by atoms with van der Waals surface area (Å²) in [5, 5.41) is 2.97. The fourth-order valence-corrected chi connectivity index (χ4v) is 4.35. The minimum absolute atomic E-state index is 0.0322. The number of amides is 2. The molecule has 4 rings (SSSR count). The lowest BCUT2D eigenvalue weighted by molar-refractivity contribution is -0.117. The van der Waals surface area contributed by atoms with Gasteiger partial charge in [-0.2, -0.15) is 0 Å². The standard InChI is InChI=1S/C25H28N2O5/c1-4-30-21-12-15(13-22(31-5-2)23(21)32-6-3)24(28)26-16-10-11-18-17-8-7-9-19(17)25(29)27-20(18)14-16/h10-14,18H,4-9H2,1-3H3,(H,27,29). The lowest BCUT2D eigenvalue weighted by Gasteiger charge is -2.28. The maximum absolute atomic E-state index is 13.0. The number of carbonyl (C=O) groups is 2. The van der Waals surface area contributed by atoms with Crippen LogP contribution in [0.5, 0.6) is 17.2 Å². The van der Waals surface area contributed by atoms with E-state index in [1.54, 1.807) is 18.2 Å². The van der Waals surface area contributed by atoms with Crippen molar-refractivity contribution in [2.45, 2.75) is 40.0 Å². The van der Waals surface area contributed by atoms with E-state index in [9.17, 15) is 9.59 Å². The molecule has 1 atom stereocenters. The first-order valence-corrected chi connectivity index (χ1v) is 11.2. The maximum Gasteiger partial charge on any atom is 0.277 e. The molecule has 2 amide bonds. The first-order chi connectivity index (χ1) is 15.5. The van der Waals surface area contributed by atoms with Crippen LogP contribution in [0, 0.1) is 5.92 Å². The lowest BCUT2D eigenvalue weighted by Crippen LogP contribution is -2.35. The van der Waals surface area contributed by atoms with Gasteiger partial charge in [0.2, 0.25) is 5.75 Å². The number of aliphatic imine (C=N–C) groups is 1. The fourth-order valence-electron chi connectivity index (χ4n) is 4.35. The van der Waals surface area contributed by atoms with E-state index >= 15 is 0 Å². The van der Waals surface area contributed by atoms with Gasteiger partial charge in [-0.05, 0) is 69.9 Å². The van der Waals surface area contributed by atoms with Crippen molar-refractivity contribution in [3.63, 3.8) is 0 Å². The average Bonchev–Trinajstić information content (AvgIpc) is 3.27. The molecule has 0 saturated carbocycles. The Morgan fingerprint density at radius 2 is 1.75 bits per heavy atom. The second-order valence-electron chi connectivity index (χ2n) is 7.69. The smallest absolute Gasteiger partial charge is 0.277 e. The summed E-state index contributed by atoms with van der Waals surface area (Å²) in [5.74, 6) is 0.985. The highest BCUT2D eigenvalue weighted by atomic mass is 16.5. The van der Waals surface area contributed by atoms with E-state index in [1.165, 1.54) is 5.57 Å². The molecule has 0 fully saturated rings. The van der Waals surface area contributed by atoms with Crippen LogP contribution >= 0.6 is 0 Å². The van der Waals surface area contributed by atoms with Crippen LogP contribution in [-0.2, 0) is 4.79 Å². The number of nitrogens with zero attached hydrogens (tertiary/aromatic N) is 1. The predicted molar refractivity (Wildman–Crippen MR) is 121 cm³/mol. The normalized spacial score (nSPS) is 20.5. The van der Waals surface area contributed by atoms with Crippen molar-refractivity contribution in [3.05, 3.63) is 52.8 Å². The number of carbonyl (C=O) groups excluding carboxylic acids is 2. The van der Waals surface area contributed by atoms with Gasteiger partial charge in [-0.25, -0.2) is 4.99 Å². The molecular formula is C25H28N2O5. The highest BCUT2D eigenvalue weighted by Crippen LogP contribution is 2.41. The minimum Gasteiger partial charge on any atom is -0.490 e. The first kappa shape index (κ1) is 21.9. The quantitative estimate of drug-likeness (QED) is 0.694. The van der Waals surface area contributed by atoms with Gasteiger partial charge in [0.15, 0.2) is 11.5 Å². The van der Waals surface area contributed by atoms with E-state index in [-0.39, 0.29) is 11.8 Å². The molecule has 1 aromatic carbocycles. The van der Waals surface area contributed by atoms with E-state index in [0.717, 1.165) is 30.5 Å². The van der Waals surface area contributed by atoms with Gasteiger partial charge in [0, 0.05) is 22.8 Å². The first-order valence-electron chi connectivity index (χ1n) is 11.2. The zero-order chi connectivity index (χ0) is 22.7. The van der Waals surface area contributed by atoms with E-state index < -0.39 is 5.91 Å². The highest BCUT2D eigenvalue weighted by molar-refractivity contribution is 6.14. The molecule has 7 heteroatoms. The Labute approximate surface area is 187 Å². The second-order valence-corrected chi connectivity index (χ2v) is 7.69. The third-order valence-corrected chi connectivity index (χ3v) is 5.65. The molecule has 1 aliphatic heterocycles. The molecule has 1 unspecified atom stereocenters. The molecule has 0 spiro atoms. The van der Waals surface area contributed by atoms with Crippen LogP contribution in [0.1, 0.15) is 50.4 Å². The van der Waals surface area contributed by atoms with E-state index in [0.29, 0.717) is 48.3 Å². The number of hydrogen-bond acceptors (Lipinski definition) is 5. The Morgan fingerprint density at radius 1 is 1.06 bits per heavy atom. The van der Waals surface area contributed by atoms with E-state index in [4.69, 9.17) is 14.2 Å². The Bertz CT molecular complexity index is 1040. The van der Waals surface area contributed by atoms with E-state index in [2.05, 4.69) is 10.3 Å². The van der Waals surface area contributed by atoms with Gasteiger partial charge in [0.25, 0.3) is 11.8 Å². The third-order valence-electron chi connectivity index (χ3n) is 5.65. The van der Waals surface area contributed by atoms with Gasteiger partial charge >= 0.3 is 0 Å². The zero-order valence-corrected chi connectivity index (χ0v) is 18.7. The number of allylic oxidation sites excluding steroid dienone is 3. The largest absolute Gasteiger partial charge is 0.490 e. The number of rotatable bonds is 7. The third kappa shape index (κ3) is 4.20. The number of nitrogens with one attached hydrogen (secondary N) is 1. The Balaban J connectivity index is 1.64. The number of fused-ring (bicyclic) bond motifs is 2. The molecule has 0 saturated heterocycles. The van der Waals surface area contributed by atoms with Crippen LogP contribution in [0.2, 0.25) is 0 Å². The molecule has 32 heavy (non-hydrogen) atoms. The van der Waals surface area contributed by atoms with Crippen molar-refractivity contribution < 1.29 is 23.8 Å². The SMILES string of the molecule is CCOc1cc(C(=O)N=C2C=CC3C(=C2)NC(=O)C2=C3CCC2)cc(OCC)c1OCC. The topological polar surface area (TPSA) is 86.2 Å². The Kier molecular flexibility index (Phi) is 6.44. The van der Waals surface area contributed by atoms with Crippen molar-refractivity contribution in [2.75, 3.05) is 19.8 Å². The molecule has 7 nitrogen and oxygen atoms in total. The molecule has 1 N–H and O–H groups in total. The summed E-state index contributed by atoms with van der Waals surface area (Å²) in [6, 6.07) is 3.26. The molecule has 0 radical (unpaired) electrons. The zero-order valence-electron chi connectivity index (χ0n) is 18.7. The molecular weight excluding hydrogens is 408 g/mol. The number of ether oxygens (including phenoxy) is 3. The highest BCUT2D eigenvalue weighted by Gasteiger charge is 2.34. The Hall–Kier alpha value is -3.35. The summed E-state index contributed by atoms with van der Waals surface area (Å²) >= 11 is 0. The molecule has 168 valence electrons. The fraction of sp³-hybridized carbons (Fsp3) is 0.400.